The molecule has 3 rings (SSSR count). The Labute approximate surface area is 169 Å². The van der Waals surface area contributed by atoms with Crippen molar-refractivity contribution in [2.24, 2.45) is 0 Å². The minimum Gasteiger partial charge on any atom is -0.468 e. The number of thioether (sulfide) groups is 1. The molecule has 1 aromatic carbocycles. The molecule has 2 heterocycles. The van der Waals surface area contributed by atoms with Crippen molar-refractivity contribution < 1.29 is 9.53 Å². The lowest BCUT2D eigenvalue weighted by Crippen LogP contribution is -2.16. The third kappa shape index (κ3) is 3.94. The van der Waals surface area contributed by atoms with E-state index < -0.39 is 5.25 Å². The number of methoxy groups -OCH3 is 1. The van der Waals surface area contributed by atoms with Gasteiger partial charge in [0.15, 0.2) is 11.0 Å². The zero-order chi connectivity index (χ0) is 20.1. The van der Waals surface area contributed by atoms with Gasteiger partial charge < -0.3 is 4.74 Å². The second-order valence-electron chi connectivity index (χ2n) is 6.30. The minimum atomic E-state index is -0.395. The molecule has 28 heavy (non-hydrogen) atoms. The summed E-state index contributed by atoms with van der Waals surface area (Å²) in [7, 11) is 1.40. The predicted octanol–water partition coefficient (Wildman–Crippen LogP) is 4.11. The fourth-order valence-electron chi connectivity index (χ4n) is 3.10. The Morgan fingerprint density at radius 3 is 2.43 bits per heavy atom. The molecule has 0 radical (unpaired) electrons. The first-order chi connectivity index (χ1) is 13.6. The lowest BCUT2D eigenvalue weighted by Gasteiger charge is -2.18. The number of aryl methyl sites for hydroxylation is 2. The Balaban J connectivity index is 2.23. The molecule has 0 saturated carbocycles. The third-order valence-corrected chi connectivity index (χ3v) is 5.58. The highest BCUT2D eigenvalue weighted by Gasteiger charge is 2.24. The molecule has 1 unspecified atom stereocenters. The van der Waals surface area contributed by atoms with Gasteiger partial charge >= 0.3 is 5.97 Å². The van der Waals surface area contributed by atoms with Crippen LogP contribution in [0.25, 0.3) is 17.1 Å². The fraction of sp³-hybridized carbons (Fsp3) is 0.333. The van der Waals surface area contributed by atoms with Crippen molar-refractivity contribution in [3.63, 3.8) is 0 Å². The van der Waals surface area contributed by atoms with Gasteiger partial charge in [-0.15, -0.1) is 10.2 Å². The van der Waals surface area contributed by atoms with Crippen molar-refractivity contribution in [3.8, 4) is 17.1 Å². The molecule has 6 nitrogen and oxygen atoms in total. The quantitative estimate of drug-likeness (QED) is 0.442. The topological polar surface area (TPSA) is 69.9 Å². The molecule has 7 heteroatoms. The zero-order valence-corrected chi connectivity index (χ0v) is 17.4. The molecule has 0 saturated heterocycles. The fourth-order valence-corrected chi connectivity index (χ4v) is 3.98. The monoisotopic (exact) mass is 396 g/mol. The SMILES string of the molecule is CCc1cccc(CC)c1-n1c(SC(C)C(=O)OC)nnc1-c1cccnc1. The lowest BCUT2D eigenvalue weighted by atomic mass is 10.0. The molecule has 146 valence electrons. The molecule has 0 spiro atoms. The Bertz CT molecular complexity index is 934. The van der Waals surface area contributed by atoms with Crippen LogP contribution in [-0.2, 0) is 22.4 Å². The van der Waals surface area contributed by atoms with Crippen LogP contribution in [0.3, 0.4) is 0 Å². The number of rotatable bonds is 7. The first kappa shape index (κ1) is 20.1. The summed E-state index contributed by atoms with van der Waals surface area (Å²) in [5.41, 5.74) is 4.37. The molecule has 0 bridgehead atoms. The maximum Gasteiger partial charge on any atom is 0.318 e. The Morgan fingerprint density at radius 2 is 1.86 bits per heavy atom. The molecule has 0 N–H and O–H groups in total. The first-order valence-corrected chi connectivity index (χ1v) is 10.2. The number of carbonyl (C=O) groups excluding carboxylic acids is 1. The number of pyridine rings is 1. The van der Waals surface area contributed by atoms with E-state index in [0.717, 1.165) is 24.1 Å². The van der Waals surface area contributed by atoms with Crippen LogP contribution in [0.5, 0.6) is 0 Å². The summed E-state index contributed by atoms with van der Waals surface area (Å²) in [6.07, 6.45) is 5.27. The Kier molecular flexibility index (Phi) is 6.46. The smallest absolute Gasteiger partial charge is 0.318 e. The number of esters is 1. The van der Waals surface area contributed by atoms with E-state index >= 15 is 0 Å². The maximum atomic E-state index is 12.0. The second kappa shape index (κ2) is 9.01. The van der Waals surface area contributed by atoms with E-state index in [4.69, 9.17) is 4.74 Å². The molecular weight excluding hydrogens is 372 g/mol. The highest BCUT2D eigenvalue weighted by molar-refractivity contribution is 8.00. The number of carbonyl (C=O) groups is 1. The van der Waals surface area contributed by atoms with E-state index in [9.17, 15) is 4.79 Å². The summed E-state index contributed by atoms with van der Waals surface area (Å²) in [4.78, 5) is 16.2. The van der Waals surface area contributed by atoms with Crippen molar-refractivity contribution >= 4 is 17.7 Å². The number of hydrogen-bond acceptors (Lipinski definition) is 6. The Hall–Kier alpha value is -2.67. The van der Waals surface area contributed by atoms with Gasteiger partial charge in [0.1, 0.15) is 5.25 Å². The predicted molar refractivity (Wildman–Crippen MR) is 111 cm³/mol. The lowest BCUT2D eigenvalue weighted by molar-refractivity contribution is -0.139. The molecular formula is C21H24N4O2S. The number of benzene rings is 1. The summed E-state index contributed by atoms with van der Waals surface area (Å²) in [6.45, 7) is 6.08. The second-order valence-corrected chi connectivity index (χ2v) is 7.61. The average molecular weight is 397 g/mol. The molecule has 3 aromatic rings. The number of nitrogens with zero attached hydrogens (tertiary/aromatic N) is 4. The van der Waals surface area contributed by atoms with Crippen molar-refractivity contribution in [2.45, 2.75) is 44.0 Å². The molecule has 0 aliphatic heterocycles. The highest BCUT2D eigenvalue weighted by atomic mass is 32.2. The first-order valence-electron chi connectivity index (χ1n) is 9.32. The summed E-state index contributed by atoms with van der Waals surface area (Å²) in [5.74, 6) is 0.422. The molecule has 2 aromatic heterocycles. The van der Waals surface area contributed by atoms with Crippen LogP contribution >= 0.6 is 11.8 Å². The summed E-state index contributed by atoms with van der Waals surface area (Å²) in [6, 6.07) is 10.2. The molecule has 0 fully saturated rings. The van der Waals surface area contributed by atoms with Gasteiger partial charge in [0.05, 0.1) is 12.8 Å². The van der Waals surface area contributed by atoms with Crippen LogP contribution in [0.1, 0.15) is 31.9 Å². The largest absolute Gasteiger partial charge is 0.468 e. The van der Waals surface area contributed by atoms with Gasteiger partial charge in [-0.3, -0.25) is 14.3 Å². The van der Waals surface area contributed by atoms with E-state index in [0.29, 0.717) is 11.0 Å². The Morgan fingerprint density at radius 1 is 1.14 bits per heavy atom. The van der Waals surface area contributed by atoms with Crippen LogP contribution < -0.4 is 0 Å². The summed E-state index contributed by atoms with van der Waals surface area (Å²) in [5, 5.41) is 9.13. The number of para-hydroxylation sites is 1. The number of hydrogen-bond donors (Lipinski definition) is 0. The van der Waals surface area contributed by atoms with Crippen LogP contribution in [0, 0.1) is 0 Å². The molecule has 0 aliphatic carbocycles. The average Bonchev–Trinajstić information content (AvgIpc) is 3.15. The molecule has 0 aliphatic rings. The van der Waals surface area contributed by atoms with Gasteiger partial charge in [-0.25, -0.2) is 0 Å². The van der Waals surface area contributed by atoms with E-state index in [1.165, 1.54) is 30.0 Å². The van der Waals surface area contributed by atoms with Gasteiger partial charge in [0.2, 0.25) is 0 Å². The van der Waals surface area contributed by atoms with E-state index in [1.54, 1.807) is 12.4 Å². The van der Waals surface area contributed by atoms with E-state index in [2.05, 4.69) is 51.8 Å². The third-order valence-electron chi connectivity index (χ3n) is 4.56. The van der Waals surface area contributed by atoms with Crippen molar-refractivity contribution in [1.29, 1.82) is 0 Å². The van der Waals surface area contributed by atoms with Gasteiger partial charge in [-0.1, -0.05) is 43.8 Å². The summed E-state index contributed by atoms with van der Waals surface area (Å²) < 4.78 is 6.94. The minimum absolute atomic E-state index is 0.290. The van der Waals surface area contributed by atoms with Crippen LogP contribution in [0.4, 0.5) is 0 Å². The van der Waals surface area contributed by atoms with Crippen LogP contribution in [-0.4, -0.2) is 38.1 Å². The molecule has 0 amide bonds. The highest BCUT2D eigenvalue weighted by Crippen LogP contribution is 2.33. The van der Waals surface area contributed by atoms with Gasteiger partial charge in [-0.05, 0) is 43.0 Å². The van der Waals surface area contributed by atoms with Crippen molar-refractivity contribution in [3.05, 3.63) is 53.9 Å². The van der Waals surface area contributed by atoms with Crippen molar-refractivity contribution in [1.82, 2.24) is 19.7 Å². The summed E-state index contributed by atoms with van der Waals surface area (Å²) >= 11 is 1.35. The van der Waals surface area contributed by atoms with Crippen LogP contribution in [0.15, 0.2) is 47.9 Å². The zero-order valence-electron chi connectivity index (χ0n) is 16.5. The molecule has 1 atom stereocenters. The standard InChI is InChI=1S/C21H24N4O2S/c1-5-15-9-7-10-16(6-2)18(15)25-19(17-11-8-12-22-13-17)23-24-21(25)28-14(3)20(26)27-4/h7-14H,5-6H2,1-4H3. The van der Waals surface area contributed by atoms with Gasteiger partial charge in [0, 0.05) is 18.0 Å². The maximum absolute atomic E-state index is 12.0. The van der Waals surface area contributed by atoms with Crippen molar-refractivity contribution in [2.75, 3.05) is 7.11 Å². The van der Waals surface area contributed by atoms with Gasteiger partial charge in [-0.2, -0.15) is 0 Å². The van der Waals surface area contributed by atoms with Gasteiger partial charge in [0.25, 0.3) is 0 Å². The van der Waals surface area contributed by atoms with Crippen LogP contribution in [0.2, 0.25) is 0 Å². The number of aromatic nitrogens is 4. The van der Waals surface area contributed by atoms with E-state index in [1.807, 2.05) is 19.1 Å². The normalized spacial score (nSPS) is 12.0. The van der Waals surface area contributed by atoms with E-state index in [-0.39, 0.29) is 5.97 Å². The number of ether oxygens (including phenoxy) is 1.